The molecule has 0 spiro atoms. The zero-order valence-electron chi connectivity index (χ0n) is 18.7. The van der Waals surface area contributed by atoms with E-state index in [2.05, 4.69) is 5.32 Å². The predicted molar refractivity (Wildman–Crippen MR) is 116 cm³/mol. The topological polar surface area (TPSA) is 83.1 Å². The van der Waals surface area contributed by atoms with E-state index in [0.29, 0.717) is 48.0 Å². The number of hydrogen-bond donors (Lipinski definition) is 1. The highest BCUT2D eigenvalue weighted by Crippen LogP contribution is 2.45. The zero-order chi connectivity index (χ0) is 22.4. The van der Waals surface area contributed by atoms with Crippen LogP contribution >= 0.6 is 0 Å². The summed E-state index contributed by atoms with van der Waals surface area (Å²) in [5.74, 6) is 0.213. The molecule has 0 aromatic heterocycles. The molecule has 3 rings (SSSR count). The molecule has 1 aromatic carbocycles. The maximum Gasteiger partial charge on any atom is 0.336 e. The summed E-state index contributed by atoms with van der Waals surface area (Å²) >= 11 is 0. The molecule has 0 saturated heterocycles. The second kappa shape index (κ2) is 10.5. The van der Waals surface area contributed by atoms with Gasteiger partial charge in [0.2, 0.25) is 0 Å². The van der Waals surface area contributed by atoms with Crippen LogP contribution in [0.3, 0.4) is 0 Å². The Balaban J connectivity index is 2.00. The number of benzene rings is 1. The van der Waals surface area contributed by atoms with Gasteiger partial charge in [0.25, 0.3) is 0 Å². The number of carbonyl (C=O) groups is 2. The monoisotopic (exact) mass is 429 g/mol. The largest absolute Gasteiger partial charge is 0.497 e. The fourth-order valence-electron chi connectivity index (χ4n) is 4.14. The van der Waals surface area contributed by atoms with Gasteiger partial charge in [-0.3, -0.25) is 4.79 Å². The third-order valence-electron chi connectivity index (χ3n) is 5.56. The van der Waals surface area contributed by atoms with Crippen molar-refractivity contribution in [3.63, 3.8) is 0 Å². The number of dihydropyridines is 1. The van der Waals surface area contributed by atoms with E-state index >= 15 is 0 Å². The third kappa shape index (κ3) is 4.93. The molecule has 1 N–H and O–H groups in total. The third-order valence-corrected chi connectivity index (χ3v) is 5.56. The highest BCUT2D eigenvalue weighted by molar-refractivity contribution is 6.04. The van der Waals surface area contributed by atoms with E-state index in [0.717, 1.165) is 30.5 Å². The first kappa shape index (κ1) is 22.9. The molecule has 7 nitrogen and oxygen atoms in total. The highest BCUT2D eigenvalue weighted by atomic mass is 16.6. The Bertz CT molecular complexity index is 901. The number of rotatable bonds is 9. The maximum atomic E-state index is 13.2. The van der Waals surface area contributed by atoms with Gasteiger partial charge in [-0.05, 0) is 32.3 Å². The lowest BCUT2D eigenvalue weighted by Gasteiger charge is -2.34. The summed E-state index contributed by atoms with van der Waals surface area (Å²) in [6.45, 7) is 4.98. The van der Waals surface area contributed by atoms with E-state index in [-0.39, 0.29) is 12.4 Å². The summed E-state index contributed by atoms with van der Waals surface area (Å²) in [5.41, 5.74) is 3.35. The van der Waals surface area contributed by atoms with Gasteiger partial charge < -0.3 is 24.3 Å². The molecule has 0 bridgehead atoms. The molecule has 0 unspecified atom stereocenters. The molecule has 1 atom stereocenters. The van der Waals surface area contributed by atoms with Crippen LogP contribution in [0.15, 0.2) is 40.7 Å². The lowest BCUT2D eigenvalue weighted by atomic mass is 9.75. The molecule has 1 heterocycles. The van der Waals surface area contributed by atoms with Crippen LogP contribution in [-0.2, 0) is 19.1 Å². The van der Waals surface area contributed by atoms with Crippen molar-refractivity contribution in [2.75, 3.05) is 34.0 Å². The molecule has 168 valence electrons. The van der Waals surface area contributed by atoms with Gasteiger partial charge in [0.15, 0.2) is 5.78 Å². The fourth-order valence-corrected chi connectivity index (χ4v) is 4.14. The van der Waals surface area contributed by atoms with Crippen molar-refractivity contribution < 1.29 is 28.5 Å². The average molecular weight is 430 g/mol. The highest BCUT2D eigenvalue weighted by Gasteiger charge is 2.40. The second-order valence-electron chi connectivity index (χ2n) is 7.62. The molecular formula is C24H31NO6. The van der Waals surface area contributed by atoms with Gasteiger partial charge in [-0.15, -0.1) is 0 Å². The zero-order valence-corrected chi connectivity index (χ0v) is 18.7. The Morgan fingerprint density at radius 3 is 2.65 bits per heavy atom. The first-order valence-corrected chi connectivity index (χ1v) is 10.7. The Morgan fingerprint density at radius 2 is 1.94 bits per heavy atom. The van der Waals surface area contributed by atoms with E-state index in [1.54, 1.807) is 20.3 Å². The fraction of sp³-hybridized carbons (Fsp3) is 0.500. The molecule has 31 heavy (non-hydrogen) atoms. The maximum absolute atomic E-state index is 13.2. The first-order valence-electron chi connectivity index (χ1n) is 10.7. The summed E-state index contributed by atoms with van der Waals surface area (Å²) in [6.07, 6.45) is 2.92. The Hall–Kier alpha value is -2.80. The number of ether oxygens (including phenoxy) is 4. The molecule has 1 aromatic rings. The minimum Gasteiger partial charge on any atom is -0.497 e. The summed E-state index contributed by atoms with van der Waals surface area (Å²) in [4.78, 5) is 26.1. The summed E-state index contributed by atoms with van der Waals surface area (Å²) < 4.78 is 21.9. The van der Waals surface area contributed by atoms with E-state index in [1.807, 2.05) is 26.0 Å². The van der Waals surface area contributed by atoms with Crippen LogP contribution in [0, 0.1) is 0 Å². The molecular weight excluding hydrogens is 398 g/mol. The minimum atomic E-state index is -0.561. The molecule has 0 fully saturated rings. The van der Waals surface area contributed by atoms with Gasteiger partial charge in [-0.1, -0.05) is 13.0 Å². The van der Waals surface area contributed by atoms with Gasteiger partial charge in [-0.25, -0.2) is 4.79 Å². The predicted octanol–water partition coefficient (Wildman–Crippen LogP) is 3.64. The number of hydrogen-bond acceptors (Lipinski definition) is 7. The lowest BCUT2D eigenvalue weighted by Crippen LogP contribution is -2.34. The van der Waals surface area contributed by atoms with E-state index in [9.17, 15) is 9.59 Å². The number of Topliss-reactive ketones (excluding diaryl/α,β-unsaturated/α-hetero) is 1. The van der Waals surface area contributed by atoms with Crippen LogP contribution in [-0.4, -0.2) is 45.8 Å². The Labute approximate surface area is 183 Å². The standard InChI is InChI=1S/C24H31NO6/c1-5-11-30-12-13-31-24(27)21-15(2)25-18-7-6-8-19(26)23(18)22(21)17-10-9-16(28-3)14-20(17)29-4/h9-10,14,22,25H,5-8,11-13H2,1-4H3/t22-/m1/s1. The van der Waals surface area contributed by atoms with Gasteiger partial charge >= 0.3 is 5.97 Å². The van der Waals surface area contributed by atoms with Crippen molar-refractivity contribution in [1.29, 1.82) is 0 Å². The van der Waals surface area contributed by atoms with Gasteiger partial charge in [-0.2, -0.15) is 0 Å². The quantitative estimate of drug-likeness (QED) is 0.474. The smallest absolute Gasteiger partial charge is 0.336 e. The van der Waals surface area contributed by atoms with Crippen molar-refractivity contribution in [2.45, 2.75) is 45.4 Å². The summed E-state index contributed by atoms with van der Waals surface area (Å²) in [7, 11) is 3.15. The first-order chi connectivity index (χ1) is 15.0. The summed E-state index contributed by atoms with van der Waals surface area (Å²) in [6, 6.07) is 5.43. The van der Waals surface area contributed by atoms with Gasteiger partial charge in [0.1, 0.15) is 18.1 Å². The SMILES string of the molecule is CCCOCCOC(=O)C1=C(C)NC2=C(C(=O)CCC2)[C@@H]1c1ccc(OC)cc1OC. The van der Waals surface area contributed by atoms with Crippen LogP contribution in [0.4, 0.5) is 0 Å². The van der Waals surface area contributed by atoms with Crippen LogP contribution in [0.2, 0.25) is 0 Å². The summed E-state index contributed by atoms with van der Waals surface area (Å²) in [5, 5.41) is 3.29. The number of ketones is 1. The van der Waals surface area contributed by atoms with Gasteiger partial charge in [0.05, 0.1) is 32.3 Å². The molecule has 7 heteroatoms. The van der Waals surface area contributed by atoms with E-state index < -0.39 is 11.9 Å². The molecule has 0 amide bonds. The molecule has 1 aliphatic carbocycles. The minimum absolute atomic E-state index is 0.0423. The van der Waals surface area contributed by atoms with Crippen molar-refractivity contribution in [3.8, 4) is 11.5 Å². The Morgan fingerprint density at radius 1 is 1.13 bits per heavy atom. The van der Waals surface area contributed by atoms with Crippen molar-refractivity contribution in [3.05, 3.63) is 46.3 Å². The van der Waals surface area contributed by atoms with Crippen LogP contribution in [0.5, 0.6) is 11.5 Å². The van der Waals surface area contributed by atoms with E-state index in [1.165, 1.54) is 0 Å². The number of esters is 1. The molecule has 2 aliphatic rings. The molecule has 1 aliphatic heterocycles. The van der Waals surface area contributed by atoms with Crippen LogP contribution in [0.25, 0.3) is 0 Å². The van der Waals surface area contributed by atoms with Crippen molar-refractivity contribution >= 4 is 11.8 Å². The number of allylic oxidation sites excluding steroid dienone is 3. The second-order valence-corrected chi connectivity index (χ2v) is 7.62. The number of nitrogens with one attached hydrogen (secondary N) is 1. The normalized spacial score (nSPS) is 18.5. The van der Waals surface area contributed by atoms with Crippen molar-refractivity contribution in [1.82, 2.24) is 5.32 Å². The number of carbonyl (C=O) groups excluding carboxylic acids is 2. The van der Waals surface area contributed by atoms with Crippen molar-refractivity contribution in [2.24, 2.45) is 0 Å². The number of methoxy groups -OCH3 is 2. The van der Waals surface area contributed by atoms with Gasteiger partial charge in [0, 0.05) is 41.6 Å². The Kier molecular flexibility index (Phi) is 7.74. The molecule has 0 saturated carbocycles. The average Bonchev–Trinajstić information content (AvgIpc) is 2.77. The molecule has 0 radical (unpaired) electrons. The lowest BCUT2D eigenvalue weighted by molar-refractivity contribution is -0.141. The van der Waals surface area contributed by atoms with Crippen LogP contribution in [0.1, 0.15) is 51.0 Å². The van der Waals surface area contributed by atoms with Crippen LogP contribution < -0.4 is 14.8 Å². The van der Waals surface area contributed by atoms with E-state index in [4.69, 9.17) is 18.9 Å².